The van der Waals surface area contributed by atoms with Crippen molar-refractivity contribution in [3.63, 3.8) is 0 Å². The Balaban J connectivity index is 1.55. The minimum absolute atomic E-state index is 0.0903. The van der Waals surface area contributed by atoms with Crippen molar-refractivity contribution < 1.29 is 14.0 Å². The maximum atomic E-state index is 13.6. The molecule has 0 fully saturated rings. The molecule has 3 rings (SSSR count). The van der Waals surface area contributed by atoms with Crippen LogP contribution in [0.3, 0.4) is 0 Å². The summed E-state index contributed by atoms with van der Waals surface area (Å²) in [6.45, 7) is 0.613. The van der Waals surface area contributed by atoms with Crippen LogP contribution in [0, 0.1) is 5.82 Å². The Labute approximate surface area is 156 Å². The van der Waals surface area contributed by atoms with Gasteiger partial charge in [-0.15, -0.1) is 0 Å². The summed E-state index contributed by atoms with van der Waals surface area (Å²) in [5.41, 5.74) is 1.33. The molecule has 0 atom stereocenters. The molecule has 0 saturated heterocycles. The van der Waals surface area contributed by atoms with Gasteiger partial charge in [-0.1, -0.05) is 24.3 Å². The minimum Gasteiger partial charge on any atom is -0.348 e. The van der Waals surface area contributed by atoms with Gasteiger partial charge < -0.3 is 15.2 Å². The van der Waals surface area contributed by atoms with Gasteiger partial charge in [0.25, 0.3) is 5.91 Å². The van der Waals surface area contributed by atoms with Crippen LogP contribution in [0.4, 0.5) is 10.1 Å². The first-order chi connectivity index (χ1) is 13.1. The predicted octanol–water partition coefficient (Wildman–Crippen LogP) is 2.98. The third-order valence-corrected chi connectivity index (χ3v) is 3.96. The summed E-state index contributed by atoms with van der Waals surface area (Å²) >= 11 is 0. The van der Waals surface area contributed by atoms with E-state index in [0.29, 0.717) is 29.8 Å². The van der Waals surface area contributed by atoms with Gasteiger partial charge in [0.15, 0.2) is 0 Å². The van der Waals surface area contributed by atoms with Crippen LogP contribution in [0.1, 0.15) is 22.3 Å². The summed E-state index contributed by atoms with van der Waals surface area (Å²) in [7, 11) is 0. The van der Waals surface area contributed by atoms with Gasteiger partial charge in [0.2, 0.25) is 5.91 Å². The van der Waals surface area contributed by atoms with Crippen LogP contribution in [0.5, 0.6) is 0 Å². The van der Waals surface area contributed by atoms with Crippen LogP contribution in [0.2, 0.25) is 0 Å². The maximum absolute atomic E-state index is 13.6. The fourth-order valence-electron chi connectivity index (χ4n) is 2.53. The molecule has 1 heterocycles. The number of carbonyl (C=O) groups excluding carboxylic acids is 2. The van der Waals surface area contributed by atoms with Gasteiger partial charge in [-0.3, -0.25) is 9.59 Å². The lowest BCUT2D eigenvalue weighted by Crippen LogP contribution is -2.23. The van der Waals surface area contributed by atoms with E-state index >= 15 is 0 Å². The van der Waals surface area contributed by atoms with E-state index in [9.17, 15) is 14.0 Å². The third-order valence-electron chi connectivity index (χ3n) is 3.96. The average Bonchev–Trinajstić information content (AvgIpc) is 3.19. The van der Waals surface area contributed by atoms with Crippen LogP contribution in [-0.2, 0) is 17.9 Å². The first-order valence-electron chi connectivity index (χ1n) is 8.49. The van der Waals surface area contributed by atoms with Crippen LogP contribution in [0.25, 0.3) is 0 Å². The van der Waals surface area contributed by atoms with E-state index in [1.165, 1.54) is 6.07 Å². The maximum Gasteiger partial charge on any atom is 0.251 e. The molecule has 3 aromatic rings. The number of rotatable bonds is 7. The summed E-state index contributed by atoms with van der Waals surface area (Å²) in [5, 5.41) is 5.45. The molecule has 6 nitrogen and oxygen atoms in total. The minimum atomic E-state index is -0.364. The second-order valence-corrected chi connectivity index (χ2v) is 5.95. The number of amides is 2. The number of nitrogens with zero attached hydrogens (tertiary/aromatic N) is 2. The molecule has 1 aromatic heterocycles. The first-order valence-corrected chi connectivity index (χ1v) is 8.49. The molecule has 2 N–H and O–H groups in total. The van der Waals surface area contributed by atoms with E-state index in [0.717, 1.165) is 0 Å². The van der Waals surface area contributed by atoms with Gasteiger partial charge in [0, 0.05) is 48.7 Å². The number of hydrogen-bond acceptors (Lipinski definition) is 3. The molecule has 7 heteroatoms. The van der Waals surface area contributed by atoms with E-state index < -0.39 is 0 Å². The molecular formula is C20H19FN4O2. The van der Waals surface area contributed by atoms with Crippen molar-refractivity contribution in [2.75, 3.05) is 5.32 Å². The molecule has 2 amide bonds. The Hall–Kier alpha value is -3.48. The molecule has 0 spiro atoms. The Bertz CT molecular complexity index is 925. The average molecular weight is 366 g/mol. The summed E-state index contributed by atoms with van der Waals surface area (Å²) in [4.78, 5) is 28.3. The normalized spacial score (nSPS) is 10.4. The molecule has 2 aromatic carbocycles. The third kappa shape index (κ3) is 5.24. The SMILES string of the molecule is O=C(CCn1ccnc1)Nc1cccc(C(=O)NCc2ccccc2F)c1. The van der Waals surface area contributed by atoms with Gasteiger partial charge >= 0.3 is 0 Å². The highest BCUT2D eigenvalue weighted by Gasteiger charge is 2.09. The second kappa shape index (κ2) is 8.75. The quantitative estimate of drug-likeness (QED) is 0.675. The van der Waals surface area contributed by atoms with Crippen molar-refractivity contribution in [2.24, 2.45) is 0 Å². The molecule has 0 aliphatic carbocycles. The Morgan fingerprint density at radius 3 is 2.74 bits per heavy atom. The van der Waals surface area contributed by atoms with Crippen molar-refractivity contribution in [1.29, 1.82) is 0 Å². The zero-order chi connectivity index (χ0) is 19.1. The fraction of sp³-hybridized carbons (Fsp3) is 0.150. The standard InChI is InChI=1S/C20H19FN4O2/c21-18-7-2-1-4-16(18)13-23-20(27)15-5-3-6-17(12-15)24-19(26)8-10-25-11-9-22-14-25/h1-7,9,11-12,14H,8,10,13H2,(H,23,27)(H,24,26). The lowest BCUT2D eigenvalue weighted by molar-refractivity contribution is -0.116. The number of benzene rings is 2. The van der Waals surface area contributed by atoms with Crippen molar-refractivity contribution in [3.05, 3.63) is 84.2 Å². The summed E-state index contributed by atoms with van der Waals surface area (Å²) in [6, 6.07) is 12.9. The largest absolute Gasteiger partial charge is 0.348 e. The molecule has 0 aliphatic rings. The highest BCUT2D eigenvalue weighted by atomic mass is 19.1. The Kier molecular flexibility index (Phi) is 5.94. The van der Waals surface area contributed by atoms with Crippen LogP contribution < -0.4 is 10.6 Å². The molecule has 0 saturated carbocycles. The molecule has 0 unspecified atom stereocenters. The van der Waals surface area contributed by atoms with Gasteiger partial charge in [-0.2, -0.15) is 0 Å². The number of aryl methyl sites for hydroxylation is 1. The van der Waals surface area contributed by atoms with Crippen LogP contribution >= 0.6 is 0 Å². The zero-order valence-corrected chi connectivity index (χ0v) is 14.6. The molecule has 27 heavy (non-hydrogen) atoms. The van der Waals surface area contributed by atoms with Gasteiger partial charge in [-0.05, 0) is 24.3 Å². The molecular weight excluding hydrogens is 347 g/mol. The van der Waals surface area contributed by atoms with Crippen LogP contribution in [-0.4, -0.2) is 21.4 Å². The van der Waals surface area contributed by atoms with E-state index in [-0.39, 0.29) is 24.2 Å². The van der Waals surface area contributed by atoms with Crippen molar-refractivity contribution in [3.8, 4) is 0 Å². The number of carbonyl (C=O) groups is 2. The van der Waals surface area contributed by atoms with E-state index in [1.807, 2.05) is 4.57 Å². The lowest BCUT2D eigenvalue weighted by Gasteiger charge is -2.09. The van der Waals surface area contributed by atoms with Gasteiger partial charge in [0.1, 0.15) is 5.82 Å². The van der Waals surface area contributed by atoms with Crippen molar-refractivity contribution >= 4 is 17.5 Å². The highest BCUT2D eigenvalue weighted by Crippen LogP contribution is 2.12. The molecule has 0 aliphatic heterocycles. The Morgan fingerprint density at radius 1 is 1.11 bits per heavy atom. The van der Waals surface area contributed by atoms with Gasteiger partial charge in [0.05, 0.1) is 6.33 Å². The molecule has 0 radical (unpaired) electrons. The second-order valence-electron chi connectivity index (χ2n) is 5.95. The number of imidazole rings is 1. The number of halogens is 1. The first kappa shape index (κ1) is 18.3. The van der Waals surface area contributed by atoms with Crippen LogP contribution in [0.15, 0.2) is 67.3 Å². The number of aromatic nitrogens is 2. The molecule has 138 valence electrons. The number of nitrogens with one attached hydrogen (secondary N) is 2. The van der Waals surface area contributed by atoms with Gasteiger partial charge in [-0.25, -0.2) is 9.37 Å². The molecule has 0 bridgehead atoms. The number of hydrogen-bond donors (Lipinski definition) is 2. The predicted molar refractivity (Wildman–Crippen MR) is 99.5 cm³/mol. The highest BCUT2D eigenvalue weighted by molar-refractivity contribution is 5.97. The lowest BCUT2D eigenvalue weighted by atomic mass is 10.1. The van der Waals surface area contributed by atoms with Crippen molar-refractivity contribution in [2.45, 2.75) is 19.5 Å². The fourth-order valence-corrected chi connectivity index (χ4v) is 2.53. The Morgan fingerprint density at radius 2 is 1.96 bits per heavy atom. The summed E-state index contributed by atoms with van der Waals surface area (Å²) in [6.07, 6.45) is 5.38. The summed E-state index contributed by atoms with van der Waals surface area (Å²) in [5.74, 6) is -0.864. The van der Waals surface area contributed by atoms with E-state index in [4.69, 9.17) is 0 Å². The van der Waals surface area contributed by atoms with E-state index in [2.05, 4.69) is 15.6 Å². The monoisotopic (exact) mass is 366 g/mol. The van der Waals surface area contributed by atoms with Crippen molar-refractivity contribution in [1.82, 2.24) is 14.9 Å². The number of anilines is 1. The smallest absolute Gasteiger partial charge is 0.251 e. The van der Waals surface area contributed by atoms with E-state index in [1.54, 1.807) is 61.2 Å². The summed E-state index contributed by atoms with van der Waals surface area (Å²) < 4.78 is 15.4. The topological polar surface area (TPSA) is 76.0 Å². The zero-order valence-electron chi connectivity index (χ0n) is 14.6.